The number of aromatic nitrogens is 1. The van der Waals surface area contributed by atoms with Crippen molar-refractivity contribution in [3.8, 4) is 0 Å². The molecule has 2 aromatic rings. The van der Waals surface area contributed by atoms with E-state index < -0.39 is 113 Å². The predicted octanol–water partition coefficient (Wildman–Crippen LogP) is -5.58. The number of nitrogens with two attached hydrogens (primary N) is 6. The molecule has 26 heteroatoms. The highest BCUT2D eigenvalue weighted by Gasteiger charge is 2.50. The summed E-state index contributed by atoms with van der Waals surface area (Å²) in [6, 6.07) is 4.10. The number of hydrogen-bond donors (Lipinski definition) is 14. The van der Waals surface area contributed by atoms with Crippen molar-refractivity contribution < 1.29 is 74.9 Å². The number of anilines is 2. The number of rotatable bonds is 9. The van der Waals surface area contributed by atoms with E-state index in [0.717, 1.165) is 0 Å². The second-order valence-corrected chi connectivity index (χ2v) is 15.3. The molecule has 0 radical (unpaired) electrons. The lowest BCUT2D eigenvalue weighted by molar-refractivity contribution is -0.314. The van der Waals surface area contributed by atoms with Crippen molar-refractivity contribution in [3.05, 3.63) is 36.1 Å². The van der Waals surface area contributed by atoms with Crippen molar-refractivity contribution in [3.63, 3.8) is 0 Å². The maximum atomic E-state index is 11.9. The Bertz CT molecular complexity index is 1670. The Morgan fingerprint density at radius 3 is 1.87 bits per heavy atom. The second-order valence-electron chi connectivity index (χ2n) is 12.7. The number of aliphatic hydroxyl groups excluding tert-OH is 5. The number of nitrogen functional groups attached to an aromatic ring is 1. The van der Waals surface area contributed by atoms with E-state index in [1.807, 2.05) is 0 Å². The van der Waals surface area contributed by atoms with Gasteiger partial charge in [-0.05, 0) is 44.0 Å². The van der Waals surface area contributed by atoms with E-state index >= 15 is 0 Å². The molecule has 1 aliphatic carbocycles. The average molecular weight is 819 g/mol. The van der Waals surface area contributed by atoms with Crippen molar-refractivity contribution in [1.82, 2.24) is 5.16 Å². The van der Waals surface area contributed by atoms with Crippen molar-refractivity contribution in [2.24, 2.45) is 28.7 Å². The van der Waals surface area contributed by atoms with Gasteiger partial charge in [-0.15, -0.1) is 0 Å². The third-order valence-corrected chi connectivity index (χ3v) is 9.84. The van der Waals surface area contributed by atoms with Gasteiger partial charge in [0.05, 0.1) is 35.8 Å². The SMILES string of the molecule is Cc1cc(NS(=O)(=O)c2ccc(N)cc2)no1.NC[C@H]1O[C@H](O[C@H]2[C@H](O)[C@@H](O[C@H]3O[C@H](CO)[C@@H](O)[C@H](N)[C@H]3O)[C@H](N)C[C@@H]2N)[C@H](N)C[C@@H]1O.O=S(=O)(O)O. The molecular formula is C28H50N8O16S2. The summed E-state index contributed by atoms with van der Waals surface area (Å²) < 4.78 is 85.1. The minimum atomic E-state index is -4.67. The third-order valence-electron chi connectivity index (χ3n) is 8.47. The molecule has 0 unspecified atom stereocenters. The maximum absolute atomic E-state index is 11.9. The van der Waals surface area contributed by atoms with E-state index in [0.29, 0.717) is 11.4 Å². The summed E-state index contributed by atoms with van der Waals surface area (Å²) in [7, 11) is -8.31. The van der Waals surface area contributed by atoms with Gasteiger partial charge < -0.3 is 83.4 Å². The summed E-state index contributed by atoms with van der Waals surface area (Å²) in [6.07, 6.45) is -10.8. The van der Waals surface area contributed by atoms with Gasteiger partial charge in [0, 0.05) is 30.4 Å². The molecule has 3 fully saturated rings. The highest BCUT2D eigenvalue weighted by atomic mass is 32.3. The molecule has 24 nitrogen and oxygen atoms in total. The van der Waals surface area contributed by atoms with Crippen molar-refractivity contribution in [1.29, 1.82) is 0 Å². The minimum Gasteiger partial charge on any atom is -0.399 e. The topological polar surface area (TPSA) is 441 Å². The number of sulfonamides is 1. The lowest BCUT2D eigenvalue weighted by atomic mass is 9.84. The molecule has 2 saturated heterocycles. The van der Waals surface area contributed by atoms with E-state index in [9.17, 15) is 34.0 Å². The van der Waals surface area contributed by atoms with Crippen LogP contribution in [0.4, 0.5) is 11.5 Å². The van der Waals surface area contributed by atoms with Crippen molar-refractivity contribution in [2.45, 2.75) is 110 Å². The van der Waals surface area contributed by atoms with Crippen LogP contribution in [0.2, 0.25) is 0 Å². The maximum Gasteiger partial charge on any atom is 0.394 e. The number of ether oxygens (including phenoxy) is 4. The summed E-state index contributed by atoms with van der Waals surface area (Å²) in [4.78, 5) is 0.118. The molecule has 0 bridgehead atoms. The average Bonchev–Trinajstić information content (AvgIpc) is 3.48. The number of aryl methyl sites for hydroxylation is 1. The Balaban J connectivity index is 0.000000296. The standard InChI is InChI=1S/C18H37N5O9.C10H11N3O3S.H2O4S/c19-3-9-8(25)2-7(22)17(29-9)31-15-5(20)1-6(21)16(14(15)28)32-18-13(27)11(23)12(26)10(4-24)30-18;1-7-6-10(12-16-7)13-17(14,15)9-4-2-8(11)3-5-9;1-5(2,3)4/h5-18,24-28H,1-4,19-23H2;2-6H,11H2,1H3,(H,12,13);(H2,1,2,3,4)/t5-,6+,7+,8-,9+,10+,11-,12+,13+,14-,15+,16-,17+,18+;;/m0../s1. The van der Waals surface area contributed by atoms with Crippen LogP contribution in [-0.2, 0) is 39.4 Å². The van der Waals surface area contributed by atoms with E-state index in [4.69, 9.17) is 75.4 Å². The smallest absolute Gasteiger partial charge is 0.394 e. The molecule has 54 heavy (non-hydrogen) atoms. The first-order valence-corrected chi connectivity index (χ1v) is 19.1. The second kappa shape index (κ2) is 19.4. The van der Waals surface area contributed by atoms with Crippen LogP contribution in [0.3, 0.4) is 0 Å². The van der Waals surface area contributed by atoms with Crippen molar-refractivity contribution in [2.75, 3.05) is 23.6 Å². The molecule has 0 amide bonds. The van der Waals surface area contributed by atoms with Crippen LogP contribution in [0.5, 0.6) is 0 Å². The predicted molar refractivity (Wildman–Crippen MR) is 185 cm³/mol. The third kappa shape index (κ3) is 12.7. The molecule has 20 N–H and O–H groups in total. The van der Waals surface area contributed by atoms with Gasteiger partial charge in [0.1, 0.15) is 42.4 Å². The fourth-order valence-electron chi connectivity index (χ4n) is 5.69. The molecular weight excluding hydrogens is 768 g/mol. The summed E-state index contributed by atoms with van der Waals surface area (Å²) in [5.74, 6) is 0.680. The van der Waals surface area contributed by atoms with Gasteiger partial charge in [0.25, 0.3) is 10.0 Å². The molecule has 310 valence electrons. The lowest BCUT2D eigenvalue weighted by Crippen LogP contribution is -2.68. The van der Waals surface area contributed by atoms with Crippen LogP contribution in [0, 0.1) is 6.92 Å². The van der Waals surface area contributed by atoms with Crippen LogP contribution < -0.4 is 39.1 Å². The zero-order valence-corrected chi connectivity index (χ0v) is 30.5. The molecule has 1 aromatic carbocycles. The Labute approximate surface area is 310 Å². The fraction of sp³-hybridized carbons (Fsp3) is 0.679. The van der Waals surface area contributed by atoms with E-state index in [1.165, 1.54) is 30.3 Å². The van der Waals surface area contributed by atoms with Crippen molar-refractivity contribution >= 4 is 31.9 Å². The van der Waals surface area contributed by atoms with Gasteiger partial charge in [-0.25, -0.2) is 8.42 Å². The van der Waals surface area contributed by atoms with Crippen LogP contribution >= 0.6 is 0 Å². The quantitative estimate of drug-likeness (QED) is 0.0828. The number of nitrogens with one attached hydrogen (secondary N) is 1. The van der Waals surface area contributed by atoms with Gasteiger partial charge in [0.2, 0.25) is 0 Å². The van der Waals surface area contributed by atoms with E-state index in [1.54, 1.807) is 6.92 Å². The number of aliphatic hydroxyl groups is 5. The monoisotopic (exact) mass is 818 g/mol. The van der Waals surface area contributed by atoms with Gasteiger partial charge in [-0.2, -0.15) is 8.42 Å². The Hall–Kier alpha value is -2.71. The van der Waals surface area contributed by atoms with Crippen LogP contribution in [-0.4, -0.2) is 155 Å². The van der Waals surface area contributed by atoms with Crippen LogP contribution in [0.25, 0.3) is 0 Å². The first kappa shape index (κ1) is 45.7. The number of benzene rings is 1. The molecule has 2 aliphatic heterocycles. The summed E-state index contributed by atoms with van der Waals surface area (Å²) >= 11 is 0. The Kier molecular flexibility index (Phi) is 16.4. The Morgan fingerprint density at radius 1 is 0.833 bits per heavy atom. The van der Waals surface area contributed by atoms with Gasteiger partial charge in [0.15, 0.2) is 18.4 Å². The van der Waals surface area contributed by atoms with E-state index in [-0.39, 0.29) is 30.1 Å². The zero-order valence-electron chi connectivity index (χ0n) is 28.8. The summed E-state index contributed by atoms with van der Waals surface area (Å²) in [5.41, 5.74) is 35.8. The number of hydrogen-bond acceptors (Lipinski definition) is 21. The zero-order chi connectivity index (χ0) is 40.7. The van der Waals surface area contributed by atoms with Gasteiger partial charge >= 0.3 is 10.4 Å². The van der Waals surface area contributed by atoms with Crippen LogP contribution in [0.1, 0.15) is 18.6 Å². The highest BCUT2D eigenvalue weighted by Crippen LogP contribution is 2.31. The first-order chi connectivity index (χ1) is 25.1. The van der Waals surface area contributed by atoms with Crippen LogP contribution in [0.15, 0.2) is 39.8 Å². The Morgan fingerprint density at radius 2 is 1.37 bits per heavy atom. The highest BCUT2D eigenvalue weighted by molar-refractivity contribution is 7.92. The summed E-state index contributed by atoms with van der Waals surface area (Å²) in [5, 5.41) is 54.3. The lowest BCUT2D eigenvalue weighted by Gasteiger charge is -2.47. The molecule has 14 atom stereocenters. The molecule has 1 saturated carbocycles. The van der Waals surface area contributed by atoms with Gasteiger partial charge in [-0.3, -0.25) is 13.8 Å². The van der Waals surface area contributed by atoms with Gasteiger partial charge in [-0.1, -0.05) is 5.16 Å². The molecule has 3 heterocycles. The normalized spacial score (nSPS) is 35.9. The molecule has 0 spiro atoms. The fourth-order valence-corrected chi connectivity index (χ4v) is 6.67. The largest absolute Gasteiger partial charge is 0.399 e. The first-order valence-electron chi connectivity index (χ1n) is 16.2. The molecule has 5 rings (SSSR count). The van der Waals surface area contributed by atoms with E-state index in [2.05, 4.69) is 9.88 Å². The summed E-state index contributed by atoms with van der Waals surface area (Å²) in [6.45, 7) is 1.18. The number of nitrogens with zero attached hydrogens (tertiary/aromatic N) is 1. The molecule has 3 aliphatic rings. The molecule has 1 aromatic heterocycles. The minimum absolute atomic E-state index is 0.0542.